The minimum atomic E-state index is -0.706. The summed E-state index contributed by atoms with van der Waals surface area (Å²) in [5.74, 6) is -4.76. The fourth-order valence-corrected chi connectivity index (χ4v) is 21.8. The summed E-state index contributed by atoms with van der Waals surface area (Å²) < 4.78 is 0. The van der Waals surface area contributed by atoms with Crippen molar-refractivity contribution in [2.75, 3.05) is 119 Å². The molecule has 6 atom stereocenters. The Morgan fingerprint density at radius 2 is 0.664 bits per heavy atom. The predicted molar refractivity (Wildman–Crippen MR) is 545 cm³/mol. The van der Waals surface area contributed by atoms with E-state index >= 15 is 0 Å². The number of nitrogens with two attached hydrogens (primary N) is 1. The highest BCUT2D eigenvalue weighted by Gasteiger charge is 2.47. The Bertz CT molecular complexity index is 6080. The van der Waals surface area contributed by atoms with Gasteiger partial charge in [0.2, 0.25) is 11.8 Å². The lowest BCUT2D eigenvalue weighted by Gasteiger charge is -2.32. The molecule has 8 aliphatic heterocycles. The van der Waals surface area contributed by atoms with Crippen molar-refractivity contribution in [3.8, 4) is 11.4 Å². The van der Waals surface area contributed by atoms with Gasteiger partial charge in [-0.15, -0.1) is 0 Å². The number of unbranched alkanes of at least 4 members (excludes halogenated alkanes) is 4. The number of amides is 19. The third-order valence-electron chi connectivity index (χ3n) is 29.3. The largest absolute Gasteiger partial charge is 0.437 e. The summed E-state index contributed by atoms with van der Waals surface area (Å²) in [6.07, 6.45) is 20.8. The van der Waals surface area contributed by atoms with Gasteiger partial charge in [0.15, 0.2) is 0 Å². The third-order valence-corrected chi connectivity index (χ3v) is 29.3. The van der Waals surface area contributed by atoms with Crippen molar-refractivity contribution in [3.05, 3.63) is 188 Å². The van der Waals surface area contributed by atoms with Crippen molar-refractivity contribution in [1.29, 1.82) is 0 Å². The van der Waals surface area contributed by atoms with Gasteiger partial charge in [0.25, 0.3) is 76.8 Å². The van der Waals surface area contributed by atoms with Crippen molar-refractivity contribution < 1.29 is 91.6 Å². The van der Waals surface area contributed by atoms with Crippen molar-refractivity contribution in [3.63, 3.8) is 0 Å². The maximum absolute atomic E-state index is 13.8. The molecule has 2 aliphatic carbocycles. The second-order valence-electron chi connectivity index (χ2n) is 39.2. The van der Waals surface area contributed by atoms with Crippen molar-refractivity contribution in [1.82, 2.24) is 96.8 Å². The number of pyridine rings is 2. The van der Waals surface area contributed by atoms with Gasteiger partial charge in [-0.2, -0.15) is 0 Å². The SMILES string of the molecule is CB(O)NCCCN1C(=O)c2ccc3c4c(ccc(c24)C1=O)C(=O)N(CCCN)C3=O.CB(O)NCCCN1C(=O)c2ccc3c4c(ccc(c24)C1=O)C(=O)N(CCCNC(=O)c1ccc(-c2ccccn2)nc1)C3=O.CN(CCCNC(=O)CCCCCC1CCC2NC(=O)NC12)CCCN1C(=O)c2ccc3c4c(ccc(c24)C1=O)C(=O)N(CCCN(C)CCCNC(=O)CCCCCC1CCC2NC(=O)NC12)C3=O. The summed E-state index contributed by atoms with van der Waals surface area (Å²) in [4.78, 5) is 242. The van der Waals surface area contributed by atoms with Crippen molar-refractivity contribution in [2.24, 2.45) is 17.6 Å². The molecule has 6 aromatic carbocycles. The maximum atomic E-state index is 13.8. The van der Waals surface area contributed by atoms with E-state index in [-0.39, 0.29) is 122 Å². The number of aromatic nitrogens is 2. The Labute approximate surface area is 845 Å². The Balaban J connectivity index is 0.000000171. The van der Waals surface area contributed by atoms with Gasteiger partial charge in [0, 0.05) is 183 Å². The molecule has 10 heterocycles. The van der Waals surface area contributed by atoms with Gasteiger partial charge in [-0.25, -0.2) is 9.59 Å². The highest BCUT2D eigenvalue weighted by atomic mass is 16.2. The molecule has 0 spiro atoms. The first-order chi connectivity index (χ1) is 70.5. The fraction of sp³-hybridized carbons (Fsp3) is 0.457. The summed E-state index contributed by atoms with van der Waals surface area (Å²) in [7, 11) is 2.58. The Hall–Kier alpha value is -14.0. The zero-order valence-electron chi connectivity index (χ0n) is 82.8. The van der Waals surface area contributed by atoms with Crippen LogP contribution in [0.2, 0.25) is 13.6 Å². The van der Waals surface area contributed by atoms with E-state index in [1.807, 2.05) is 32.3 Å². The highest BCUT2D eigenvalue weighted by molar-refractivity contribution is 6.46. The molecule has 766 valence electrons. The molecule has 19 amide bonds. The highest BCUT2D eigenvalue weighted by Crippen LogP contribution is 2.43. The number of carbonyl (C=O) groups is 17. The van der Waals surface area contributed by atoms with E-state index in [1.165, 1.54) is 50.1 Å². The van der Waals surface area contributed by atoms with Gasteiger partial charge in [-0.1, -0.05) is 31.7 Å². The first-order valence-corrected chi connectivity index (χ1v) is 51.2. The van der Waals surface area contributed by atoms with Crippen LogP contribution in [0.4, 0.5) is 9.59 Å². The number of fused-ring (bicyclic) bond motifs is 2. The number of benzene rings is 6. The van der Waals surface area contributed by atoms with Gasteiger partial charge in [0.05, 0.1) is 41.1 Å². The number of nitrogens with one attached hydrogen (secondary N) is 9. The summed E-state index contributed by atoms with van der Waals surface area (Å²) in [5, 5.41) is 47.4. The van der Waals surface area contributed by atoms with Crippen LogP contribution in [0.1, 0.15) is 276 Å². The number of hydrogen-bond acceptors (Lipinski definition) is 26. The van der Waals surface area contributed by atoms with E-state index in [2.05, 4.69) is 67.4 Å². The lowest BCUT2D eigenvalue weighted by atomic mass is 9.86. The zero-order valence-corrected chi connectivity index (χ0v) is 82.8. The zero-order chi connectivity index (χ0) is 103. The molecule has 2 saturated heterocycles. The average Bonchev–Trinajstić information content (AvgIpc) is 0.832. The second kappa shape index (κ2) is 47.5. The number of rotatable bonds is 47. The van der Waals surface area contributed by atoms with Gasteiger partial charge in [-0.3, -0.25) is 111 Å². The third kappa shape index (κ3) is 23.0. The molecule has 13 N–H and O–H groups in total. The second-order valence-corrected chi connectivity index (χ2v) is 39.2. The van der Waals surface area contributed by atoms with Crippen LogP contribution in [-0.4, -0.2) is 317 Å². The number of urea groups is 2. The Morgan fingerprint density at radius 3 is 0.973 bits per heavy atom. The molecule has 0 bridgehead atoms. The number of nitrogens with zero attached hydrogens (tertiary/aromatic N) is 10. The van der Waals surface area contributed by atoms with E-state index in [0.717, 1.165) is 113 Å². The summed E-state index contributed by atoms with van der Waals surface area (Å²) in [5.41, 5.74) is 10.7. The molecule has 18 rings (SSSR count). The number of imide groups is 6. The molecule has 4 fully saturated rings. The Morgan fingerprint density at radius 1 is 0.356 bits per heavy atom. The van der Waals surface area contributed by atoms with Gasteiger partial charge >= 0.3 is 26.2 Å². The van der Waals surface area contributed by atoms with Crippen LogP contribution in [0.3, 0.4) is 0 Å². The van der Waals surface area contributed by atoms with E-state index in [4.69, 9.17) is 5.73 Å². The first kappa shape index (κ1) is 105. The molecule has 8 aromatic rings. The number of carbonyl (C=O) groups excluding carboxylic acids is 17. The van der Waals surface area contributed by atoms with Crippen LogP contribution in [-0.2, 0) is 9.59 Å². The lowest BCUT2D eigenvalue weighted by molar-refractivity contribution is -0.122. The van der Waals surface area contributed by atoms with E-state index < -0.39 is 85.0 Å². The normalized spacial score (nSPS) is 18.7. The average molecular weight is 1990 g/mol. The molecular formula is C105H126B2N20O19. The minimum Gasteiger partial charge on any atom is -0.437 e. The number of hydrogen-bond donors (Lipinski definition) is 12. The van der Waals surface area contributed by atoms with E-state index in [0.29, 0.717) is 203 Å². The van der Waals surface area contributed by atoms with E-state index in [9.17, 15) is 91.6 Å². The molecule has 10 aliphatic rings. The van der Waals surface area contributed by atoms with Crippen LogP contribution in [0, 0.1) is 11.8 Å². The monoisotopic (exact) mass is 1990 g/mol. The van der Waals surface area contributed by atoms with Crippen LogP contribution in [0.15, 0.2) is 116 Å². The molecule has 2 saturated carbocycles. The van der Waals surface area contributed by atoms with Crippen molar-refractivity contribution in [2.45, 2.75) is 179 Å². The molecule has 41 heteroatoms. The van der Waals surface area contributed by atoms with Gasteiger partial charge < -0.3 is 73.3 Å². The summed E-state index contributed by atoms with van der Waals surface area (Å²) >= 11 is 0. The van der Waals surface area contributed by atoms with Crippen molar-refractivity contribution >= 4 is 147 Å². The smallest absolute Gasteiger partial charge is 0.373 e. The standard InChI is InChI=1S/C52H74N10O8.C32H29BN6O6.C21H23BN4O5/c1-59(27-9-25-53-41(63)15-7-3-5-13-33-17-23-39-45(33)57-51(69)55-39)29-11-31-61-47(65)35-19-21-37-44-38(22-20-36(43(35)44)48(61)66)50(68)62(49(37)67)32-12-30-60(2)28-10-26-54-42(64)16-8-4-6-14-34-18-24-40-46(34)58-52(70)56-40;1-33(45)37-15-5-17-39-31(43)22-10-8-20-26-21(9-11-23(27(22)26)32(39)44)30(42)38(29(20)41)16-4-14-35-28(40)19-7-12-25(36-18-19)24-6-2-3-13-34-24;1-22(31)24-9-3-11-26-20(29)14-6-4-12-16-13(5-7-15(17(14)16)21(26)30)19(28)25(18(12)27)10-2-8-23/h19-22,33-34,39-40,45-46H,3-18,23-32H2,1-2H3,(H,53,63)(H,54,64)(H2,55,57,69)(H2,56,58,70);2-3,6-13,18,37,45H,4-5,14-17H2,1H3,(H,35,40);4-7,24,31H,2-3,8-11,23H2,1H3. The van der Waals surface area contributed by atoms with Crippen LogP contribution in [0.5, 0.6) is 0 Å². The quantitative estimate of drug-likeness (QED) is 0.0100. The van der Waals surface area contributed by atoms with Crippen LogP contribution >= 0.6 is 0 Å². The van der Waals surface area contributed by atoms with Gasteiger partial charge in [0.1, 0.15) is 0 Å². The minimum absolute atomic E-state index is 0.0516. The molecule has 2 aromatic heterocycles. The molecule has 6 unspecified atom stereocenters. The lowest BCUT2D eigenvalue weighted by Crippen LogP contribution is -2.44. The van der Waals surface area contributed by atoms with E-state index in [1.54, 1.807) is 80.5 Å². The predicted octanol–water partition coefficient (Wildman–Crippen LogP) is 7.38. The summed E-state index contributed by atoms with van der Waals surface area (Å²) in [6.45, 7) is 9.56. The first-order valence-electron chi connectivity index (χ1n) is 51.2. The van der Waals surface area contributed by atoms with Gasteiger partial charge in [-0.05, 0) is 285 Å². The summed E-state index contributed by atoms with van der Waals surface area (Å²) in [6, 6.07) is 28.5. The molecule has 146 heavy (non-hydrogen) atoms. The molecule has 0 radical (unpaired) electrons. The topological polar surface area (TPSA) is 517 Å². The van der Waals surface area contributed by atoms with Crippen LogP contribution < -0.4 is 53.4 Å². The fourth-order valence-electron chi connectivity index (χ4n) is 21.8. The Kier molecular flexibility index (Phi) is 34.1. The molecular weight excluding hydrogens is 1870 g/mol. The van der Waals surface area contributed by atoms with Crippen LogP contribution in [0.25, 0.3) is 43.7 Å². The molecule has 39 nitrogen and oxygen atoms in total. The maximum Gasteiger partial charge on any atom is 0.373 e.